The van der Waals surface area contributed by atoms with Crippen molar-refractivity contribution in [1.82, 2.24) is 4.72 Å². The topological polar surface area (TPSA) is 75.3 Å². The van der Waals surface area contributed by atoms with Gasteiger partial charge in [-0.2, -0.15) is 0 Å². The number of carbonyl (C=O) groups is 1. The zero-order chi connectivity index (χ0) is 20.0. The largest absolute Gasteiger partial charge is 0.326 e. The van der Waals surface area contributed by atoms with Crippen molar-refractivity contribution in [2.24, 2.45) is 5.92 Å². The molecule has 0 spiro atoms. The van der Waals surface area contributed by atoms with Gasteiger partial charge in [-0.1, -0.05) is 32.0 Å². The zero-order valence-corrected chi connectivity index (χ0v) is 17.2. The third kappa shape index (κ3) is 6.48. The number of amides is 1. The average molecular weight is 389 g/mol. The molecule has 2 rings (SSSR count). The van der Waals surface area contributed by atoms with Crippen molar-refractivity contribution in [3.05, 3.63) is 59.2 Å². The normalized spacial score (nSPS) is 11.6. The number of benzene rings is 2. The first kappa shape index (κ1) is 21.1. The molecule has 0 saturated heterocycles. The van der Waals surface area contributed by atoms with Crippen molar-refractivity contribution in [2.75, 3.05) is 11.9 Å². The summed E-state index contributed by atoms with van der Waals surface area (Å²) < 4.78 is 27.0. The Labute approximate surface area is 162 Å². The summed E-state index contributed by atoms with van der Waals surface area (Å²) in [5.74, 6) is 0.184. The number of anilines is 1. The van der Waals surface area contributed by atoms with Crippen LogP contribution in [-0.2, 0) is 21.2 Å². The van der Waals surface area contributed by atoms with Crippen molar-refractivity contribution in [3.8, 4) is 0 Å². The Balaban J connectivity index is 1.90. The molecule has 6 heteroatoms. The summed E-state index contributed by atoms with van der Waals surface area (Å²) >= 11 is 0. The first-order chi connectivity index (χ1) is 12.7. The fourth-order valence-electron chi connectivity index (χ4n) is 2.50. The van der Waals surface area contributed by atoms with Crippen LogP contribution < -0.4 is 10.0 Å². The Morgan fingerprint density at radius 3 is 2.26 bits per heavy atom. The molecular weight excluding hydrogens is 360 g/mol. The summed E-state index contributed by atoms with van der Waals surface area (Å²) in [6, 6.07) is 12.5. The lowest BCUT2D eigenvalue weighted by molar-refractivity contribution is -0.116. The average Bonchev–Trinajstić information content (AvgIpc) is 2.62. The van der Waals surface area contributed by atoms with Crippen molar-refractivity contribution in [2.45, 2.75) is 45.4 Å². The number of carbonyl (C=O) groups excluding carboxylic acids is 1. The van der Waals surface area contributed by atoms with Crippen LogP contribution in [0.15, 0.2) is 47.4 Å². The maximum Gasteiger partial charge on any atom is 0.240 e. The second kappa shape index (κ2) is 9.15. The third-order valence-electron chi connectivity index (χ3n) is 4.35. The second-order valence-corrected chi connectivity index (χ2v) is 9.00. The van der Waals surface area contributed by atoms with Gasteiger partial charge in [0.1, 0.15) is 0 Å². The van der Waals surface area contributed by atoms with E-state index in [4.69, 9.17) is 0 Å². The van der Waals surface area contributed by atoms with Gasteiger partial charge in [-0.05, 0) is 67.1 Å². The number of aryl methyl sites for hydroxylation is 3. The fraction of sp³-hybridized carbons (Fsp3) is 0.381. The molecule has 1 amide bonds. The van der Waals surface area contributed by atoms with Crippen molar-refractivity contribution in [1.29, 1.82) is 0 Å². The molecule has 2 aromatic rings. The third-order valence-corrected chi connectivity index (χ3v) is 5.79. The standard InChI is InChI=1S/C21H28N2O3S/c1-15(2)14-22-27(25,26)20-10-6-18(7-11-20)8-12-21(24)23-19-9-5-16(3)17(4)13-19/h5-7,9-11,13,15,22H,8,12,14H2,1-4H3,(H,23,24). The predicted molar refractivity (Wildman–Crippen MR) is 109 cm³/mol. The monoisotopic (exact) mass is 388 g/mol. The van der Waals surface area contributed by atoms with Gasteiger partial charge in [-0.25, -0.2) is 13.1 Å². The van der Waals surface area contributed by atoms with E-state index < -0.39 is 10.0 Å². The Kier molecular flexibility index (Phi) is 7.16. The number of sulfonamides is 1. The van der Waals surface area contributed by atoms with Gasteiger partial charge >= 0.3 is 0 Å². The van der Waals surface area contributed by atoms with E-state index in [0.717, 1.165) is 16.8 Å². The number of rotatable bonds is 8. The van der Waals surface area contributed by atoms with E-state index in [0.29, 0.717) is 19.4 Å². The van der Waals surface area contributed by atoms with Crippen molar-refractivity contribution >= 4 is 21.6 Å². The van der Waals surface area contributed by atoms with Gasteiger partial charge in [0.15, 0.2) is 0 Å². The molecule has 146 valence electrons. The van der Waals surface area contributed by atoms with Gasteiger partial charge in [-0.3, -0.25) is 4.79 Å². The molecule has 27 heavy (non-hydrogen) atoms. The molecule has 0 aliphatic heterocycles. The quantitative estimate of drug-likeness (QED) is 0.722. The van der Waals surface area contributed by atoms with Crippen LogP contribution in [0.25, 0.3) is 0 Å². The van der Waals surface area contributed by atoms with Crippen LogP contribution in [0.2, 0.25) is 0 Å². The molecule has 0 aromatic heterocycles. The Bertz CT molecular complexity index is 888. The van der Waals surface area contributed by atoms with Gasteiger partial charge in [0.05, 0.1) is 4.90 Å². The van der Waals surface area contributed by atoms with Crippen LogP contribution in [0.1, 0.15) is 37.0 Å². The molecule has 0 saturated carbocycles. The molecule has 0 atom stereocenters. The van der Waals surface area contributed by atoms with Crippen LogP contribution in [0, 0.1) is 19.8 Å². The minimum atomic E-state index is -3.48. The van der Waals surface area contributed by atoms with E-state index in [1.807, 2.05) is 45.9 Å². The molecule has 0 aliphatic carbocycles. The minimum Gasteiger partial charge on any atom is -0.326 e. The molecule has 5 nitrogen and oxygen atoms in total. The van der Waals surface area contributed by atoms with Gasteiger partial charge < -0.3 is 5.32 Å². The van der Waals surface area contributed by atoms with E-state index >= 15 is 0 Å². The lowest BCUT2D eigenvalue weighted by Gasteiger charge is -2.10. The molecule has 0 aliphatic rings. The highest BCUT2D eigenvalue weighted by atomic mass is 32.2. The van der Waals surface area contributed by atoms with Crippen molar-refractivity contribution < 1.29 is 13.2 Å². The highest BCUT2D eigenvalue weighted by Gasteiger charge is 2.14. The highest BCUT2D eigenvalue weighted by Crippen LogP contribution is 2.16. The van der Waals surface area contributed by atoms with Crippen LogP contribution in [0.5, 0.6) is 0 Å². The maximum atomic E-state index is 12.2. The van der Waals surface area contributed by atoms with Gasteiger partial charge in [0.2, 0.25) is 15.9 Å². The number of nitrogens with one attached hydrogen (secondary N) is 2. The van der Waals surface area contributed by atoms with Crippen LogP contribution >= 0.6 is 0 Å². The number of hydrogen-bond acceptors (Lipinski definition) is 3. The van der Waals surface area contributed by atoms with E-state index in [9.17, 15) is 13.2 Å². The molecule has 0 unspecified atom stereocenters. The smallest absolute Gasteiger partial charge is 0.240 e. The molecule has 0 heterocycles. The summed E-state index contributed by atoms with van der Waals surface area (Å²) in [4.78, 5) is 12.4. The molecule has 0 bridgehead atoms. The molecule has 2 N–H and O–H groups in total. The Morgan fingerprint density at radius 1 is 1.00 bits per heavy atom. The van der Waals surface area contributed by atoms with Gasteiger partial charge in [0.25, 0.3) is 0 Å². The second-order valence-electron chi connectivity index (χ2n) is 7.24. The summed E-state index contributed by atoms with van der Waals surface area (Å²) in [7, 11) is -3.48. The van der Waals surface area contributed by atoms with Crippen LogP contribution in [-0.4, -0.2) is 20.9 Å². The van der Waals surface area contributed by atoms with E-state index in [1.165, 1.54) is 5.56 Å². The van der Waals surface area contributed by atoms with Gasteiger partial charge in [0, 0.05) is 18.7 Å². The maximum absolute atomic E-state index is 12.2. The summed E-state index contributed by atoms with van der Waals surface area (Å²) in [6.07, 6.45) is 0.890. The highest BCUT2D eigenvalue weighted by molar-refractivity contribution is 7.89. The molecule has 0 fully saturated rings. The van der Waals surface area contributed by atoms with E-state index in [-0.39, 0.29) is 16.7 Å². The first-order valence-electron chi connectivity index (χ1n) is 9.13. The SMILES string of the molecule is Cc1ccc(NC(=O)CCc2ccc(S(=O)(=O)NCC(C)C)cc2)cc1C. The van der Waals surface area contributed by atoms with E-state index in [2.05, 4.69) is 10.0 Å². The Hall–Kier alpha value is -2.18. The van der Waals surface area contributed by atoms with Gasteiger partial charge in [-0.15, -0.1) is 0 Å². The predicted octanol–water partition coefficient (Wildman–Crippen LogP) is 3.81. The van der Waals surface area contributed by atoms with Crippen molar-refractivity contribution in [3.63, 3.8) is 0 Å². The summed E-state index contributed by atoms with van der Waals surface area (Å²) in [5.41, 5.74) is 4.04. The Morgan fingerprint density at radius 2 is 1.67 bits per heavy atom. The van der Waals surface area contributed by atoms with E-state index in [1.54, 1.807) is 24.3 Å². The van der Waals surface area contributed by atoms with Crippen LogP contribution in [0.3, 0.4) is 0 Å². The number of hydrogen-bond donors (Lipinski definition) is 2. The minimum absolute atomic E-state index is 0.0615. The summed E-state index contributed by atoms with van der Waals surface area (Å²) in [5, 5.41) is 2.90. The molecular formula is C21H28N2O3S. The lowest BCUT2D eigenvalue weighted by Crippen LogP contribution is -2.27. The zero-order valence-electron chi connectivity index (χ0n) is 16.4. The first-order valence-corrected chi connectivity index (χ1v) is 10.6. The molecule has 0 radical (unpaired) electrons. The fourth-order valence-corrected chi connectivity index (χ4v) is 3.71. The lowest BCUT2D eigenvalue weighted by atomic mass is 10.1. The summed E-state index contributed by atoms with van der Waals surface area (Å²) in [6.45, 7) is 8.35. The van der Waals surface area contributed by atoms with Crippen LogP contribution in [0.4, 0.5) is 5.69 Å². The molecule has 2 aromatic carbocycles.